The summed E-state index contributed by atoms with van der Waals surface area (Å²) in [6, 6.07) is 6.10. The molecule has 0 radical (unpaired) electrons. The zero-order valence-corrected chi connectivity index (χ0v) is 15.4. The minimum Gasteiger partial charge on any atom is -0.443 e. The van der Waals surface area contributed by atoms with Crippen LogP contribution in [-0.4, -0.2) is 23.4 Å². The molecule has 0 fully saturated rings. The third-order valence-electron chi connectivity index (χ3n) is 2.48. The Morgan fingerprint density at radius 3 is 1.83 bits per heavy atom. The Morgan fingerprint density at radius 1 is 1.04 bits per heavy atom. The lowest BCUT2D eigenvalue weighted by Crippen LogP contribution is -2.43. The van der Waals surface area contributed by atoms with Crippen molar-refractivity contribution < 1.29 is 19.1 Å². The van der Waals surface area contributed by atoms with E-state index in [1.807, 2.05) is 6.07 Å². The van der Waals surface area contributed by atoms with Crippen molar-refractivity contribution in [2.24, 2.45) is 0 Å². The summed E-state index contributed by atoms with van der Waals surface area (Å²) in [5, 5.41) is 9.06. The van der Waals surface area contributed by atoms with Crippen molar-refractivity contribution in [1.82, 2.24) is 0 Å². The Bertz CT molecular complexity index is 653. The highest BCUT2D eigenvalue weighted by atomic mass is 35.5. The van der Waals surface area contributed by atoms with E-state index in [9.17, 15) is 9.59 Å². The highest BCUT2D eigenvalue weighted by molar-refractivity contribution is 6.32. The molecule has 0 spiro atoms. The van der Waals surface area contributed by atoms with Gasteiger partial charge in [0.05, 0.1) is 16.3 Å². The summed E-state index contributed by atoms with van der Waals surface area (Å²) in [6.45, 7) is 10.1. The maximum absolute atomic E-state index is 12.4. The molecule has 0 aliphatic rings. The number of hydrogen-bond donors (Lipinski definition) is 0. The highest BCUT2D eigenvalue weighted by Crippen LogP contribution is 2.26. The van der Waals surface area contributed by atoms with Crippen molar-refractivity contribution in [2.45, 2.75) is 52.7 Å². The van der Waals surface area contributed by atoms with Crippen molar-refractivity contribution in [1.29, 1.82) is 5.26 Å². The molecule has 0 saturated carbocycles. The highest BCUT2D eigenvalue weighted by Gasteiger charge is 2.32. The van der Waals surface area contributed by atoms with Gasteiger partial charge in [-0.1, -0.05) is 11.6 Å². The monoisotopic (exact) mass is 352 g/mol. The molecule has 130 valence electrons. The van der Waals surface area contributed by atoms with Crippen LogP contribution in [0.2, 0.25) is 5.02 Å². The van der Waals surface area contributed by atoms with Crippen LogP contribution in [0.5, 0.6) is 0 Å². The lowest BCUT2D eigenvalue weighted by Gasteiger charge is -2.28. The number of halogens is 1. The molecule has 6 nitrogen and oxygen atoms in total. The van der Waals surface area contributed by atoms with Crippen LogP contribution in [0, 0.1) is 11.3 Å². The van der Waals surface area contributed by atoms with Crippen molar-refractivity contribution in [3.63, 3.8) is 0 Å². The Balaban J connectivity index is 3.28. The predicted octanol–water partition coefficient (Wildman–Crippen LogP) is 4.89. The quantitative estimate of drug-likeness (QED) is 0.718. The van der Waals surface area contributed by atoms with Crippen LogP contribution in [0.4, 0.5) is 15.3 Å². The number of anilines is 1. The first kappa shape index (κ1) is 19.8. The minimum atomic E-state index is -0.891. The molecule has 7 heteroatoms. The van der Waals surface area contributed by atoms with Crippen LogP contribution in [-0.2, 0) is 9.47 Å². The number of carbonyl (C=O) groups is 2. The van der Waals surface area contributed by atoms with Gasteiger partial charge in [-0.05, 0) is 59.7 Å². The molecule has 24 heavy (non-hydrogen) atoms. The van der Waals surface area contributed by atoms with Crippen molar-refractivity contribution in [3.05, 3.63) is 28.8 Å². The molecule has 0 unspecified atom stereocenters. The van der Waals surface area contributed by atoms with Crippen LogP contribution in [0.25, 0.3) is 0 Å². The van der Waals surface area contributed by atoms with Gasteiger partial charge < -0.3 is 9.47 Å². The lowest BCUT2D eigenvalue weighted by atomic mass is 10.2. The number of nitrogens with zero attached hydrogens (tertiary/aromatic N) is 2. The van der Waals surface area contributed by atoms with Crippen LogP contribution < -0.4 is 4.90 Å². The number of hydrogen-bond acceptors (Lipinski definition) is 5. The lowest BCUT2D eigenvalue weighted by molar-refractivity contribution is 0.0431. The fraction of sp³-hybridized carbons (Fsp3) is 0.471. The first-order valence-corrected chi connectivity index (χ1v) is 7.67. The first-order valence-electron chi connectivity index (χ1n) is 7.30. The van der Waals surface area contributed by atoms with Gasteiger partial charge in [-0.2, -0.15) is 10.2 Å². The number of imide groups is 1. The standard InChI is InChI=1S/C17H21ClN2O4/c1-16(2,3)23-14(21)20(15(22)24-17(4,5)6)12-8-7-11(10-19)13(18)9-12/h7-9H,1-6H3. The number of rotatable bonds is 1. The molecule has 0 heterocycles. The molecular weight excluding hydrogens is 332 g/mol. The molecule has 1 aromatic rings. The average molecular weight is 353 g/mol. The Kier molecular flexibility index (Phi) is 5.85. The molecule has 2 amide bonds. The third-order valence-corrected chi connectivity index (χ3v) is 2.80. The second kappa shape index (κ2) is 7.10. The van der Waals surface area contributed by atoms with E-state index >= 15 is 0 Å². The Hall–Kier alpha value is -2.26. The van der Waals surface area contributed by atoms with E-state index in [4.69, 9.17) is 26.3 Å². The van der Waals surface area contributed by atoms with Gasteiger partial charge >= 0.3 is 12.2 Å². The second-order valence-corrected chi connectivity index (χ2v) is 7.48. The van der Waals surface area contributed by atoms with Gasteiger partial charge in [0.25, 0.3) is 0 Å². The topological polar surface area (TPSA) is 79.6 Å². The summed E-state index contributed by atoms with van der Waals surface area (Å²) in [7, 11) is 0. The van der Waals surface area contributed by atoms with E-state index in [0.29, 0.717) is 0 Å². The summed E-state index contributed by atoms with van der Waals surface area (Å²) >= 11 is 6.00. The number of amides is 2. The molecule has 0 aliphatic carbocycles. The van der Waals surface area contributed by atoms with Crippen molar-refractivity contribution >= 4 is 29.5 Å². The van der Waals surface area contributed by atoms with Gasteiger partial charge in [-0.25, -0.2) is 9.59 Å². The first-order chi connectivity index (χ1) is 10.8. The smallest absolute Gasteiger partial charge is 0.424 e. The van der Waals surface area contributed by atoms with Crippen LogP contribution >= 0.6 is 11.6 Å². The van der Waals surface area contributed by atoms with E-state index in [2.05, 4.69) is 0 Å². The number of carbonyl (C=O) groups excluding carboxylic acids is 2. The van der Waals surface area contributed by atoms with E-state index in [0.717, 1.165) is 4.90 Å². The fourth-order valence-corrected chi connectivity index (χ4v) is 1.85. The van der Waals surface area contributed by atoms with Crippen LogP contribution in [0.3, 0.4) is 0 Å². The summed E-state index contributed by atoms with van der Waals surface area (Å²) in [6.07, 6.45) is -1.78. The molecule has 0 saturated heterocycles. The van der Waals surface area contributed by atoms with Crippen LogP contribution in [0.1, 0.15) is 47.1 Å². The van der Waals surface area contributed by atoms with E-state index in [1.54, 1.807) is 41.5 Å². The van der Waals surface area contributed by atoms with E-state index in [-0.39, 0.29) is 16.3 Å². The molecule has 0 N–H and O–H groups in total. The van der Waals surface area contributed by atoms with Gasteiger partial charge in [-0.3, -0.25) is 0 Å². The normalized spacial score (nSPS) is 11.4. The Morgan fingerprint density at radius 2 is 1.50 bits per heavy atom. The summed E-state index contributed by atoms with van der Waals surface area (Å²) in [4.78, 5) is 25.6. The molecule has 1 rings (SSSR count). The molecule has 0 aromatic heterocycles. The molecule has 0 aliphatic heterocycles. The fourth-order valence-electron chi connectivity index (χ4n) is 1.63. The van der Waals surface area contributed by atoms with E-state index < -0.39 is 23.4 Å². The van der Waals surface area contributed by atoms with Gasteiger partial charge in [0.2, 0.25) is 0 Å². The predicted molar refractivity (Wildman–Crippen MR) is 91.1 cm³/mol. The van der Waals surface area contributed by atoms with Gasteiger partial charge in [0.1, 0.15) is 17.3 Å². The van der Waals surface area contributed by atoms with Crippen LogP contribution in [0.15, 0.2) is 18.2 Å². The summed E-state index contributed by atoms with van der Waals surface area (Å²) in [5.41, 5.74) is -1.21. The maximum Gasteiger partial charge on any atom is 0.424 e. The van der Waals surface area contributed by atoms with Gasteiger partial charge in [-0.15, -0.1) is 0 Å². The zero-order valence-electron chi connectivity index (χ0n) is 14.6. The molecule has 0 bridgehead atoms. The van der Waals surface area contributed by atoms with Gasteiger partial charge in [0, 0.05) is 0 Å². The molecule has 0 atom stereocenters. The average Bonchev–Trinajstić information content (AvgIpc) is 2.34. The largest absolute Gasteiger partial charge is 0.443 e. The van der Waals surface area contributed by atoms with Gasteiger partial charge in [0.15, 0.2) is 0 Å². The Labute approximate surface area is 146 Å². The third kappa shape index (κ3) is 5.74. The molecule has 1 aromatic carbocycles. The number of ether oxygens (including phenoxy) is 2. The summed E-state index contributed by atoms with van der Waals surface area (Å²) < 4.78 is 10.5. The van der Waals surface area contributed by atoms with Crippen molar-refractivity contribution in [2.75, 3.05) is 4.90 Å². The second-order valence-electron chi connectivity index (χ2n) is 7.07. The maximum atomic E-state index is 12.4. The number of benzene rings is 1. The summed E-state index contributed by atoms with van der Waals surface area (Å²) in [5.74, 6) is 0. The SMILES string of the molecule is CC(C)(C)OC(=O)N(C(=O)OC(C)(C)C)c1ccc(C#N)c(Cl)c1. The number of nitriles is 1. The minimum absolute atomic E-state index is 0.118. The van der Waals surface area contributed by atoms with Crippen molar-refractivity contribution in [3.8, 4) is 6.07 Å². The molecular formula is C17H21ClN2O4. The zero-order chi connectivity index (χ0) is 18.7. The van der Waals surface area contributed by atoms with E-state index in [1.165, 1.54) is 18.2 Å².